The number of ether oxygens (including phenoxy) is 8. The highest BCUT2D eigenvalue weighted by Crippen LogP contribution is 2.57. The highest BCUT2D eigenvalue weighted by Gasteiger charge is 2.52. The minimum atomic E-state index is -0.265. The Morgan fingerprint density at radius 3 is 1.40 bits per heavy atom. The smallest absolute Gasteiger partial charge is 0.197 e. The van der Waals surface area contributed by atoms with Crippen molar-refractivity contribution in [3.05, 3.63) is 76.9 Å². The predicted molar refractivity (Wildman–Crippen MR) is 274 cm³/mol. The van der Waals surface area contributed by atoms with Gasteiger partial charge in [-0.2, -0.15) is 0 Å². The van der Waals surface area contributed by atoms with Crippen molar-refractivity contribution in [2.24, 2.45) is 23.7 Å². The van der Waals surface area contributed by atoms with Gasteiger partial charge in [-0.3, -0.25) is 0 Å². The van der Waals surface area contributed by atoms with E-state index in [0.29, 0.717) is 24.4 Å². The summed E-state index contributed by atoms with van der Waals surface area (Å²) in [6.45, 7) is 24.8. The lowest BCUT2D eigenvalue weighted by Gasteiger charge is -2.56. The topological polar surface area (TPSA) is 73.8 Å². The van der Waals surface area contributed by atoms with Crippen molar-refractivity contribution in [1.82, 2.24) is 0 Å². The Labute approximate surface area is 407 Å². The van der Waals surface area contributed by atoms with Crippen LogP contribution < -0.4 is 23.7 Å². The van der Waals surface area contributed by atoms with Gasteiger partial charge in [0.1, 0.15) is 5.75 Å². The van der Waals surface area contributed by atoms with Crippen LogP contribution in [0.5, 0.6) is 28.7 Å². The standard InChI is InChI=1S/C23H34O3.C21H34O2.C15H24O3/c1-5-15(2)20-6-7-21(22(11-20)24-4)25-16(3)26-23-12-17-8-18(13-23)10-19(9-17)14-23;1-5-16(2)20-11-12-21(17(3)15-20)23-18(4)22-14-13-19-9-7-6-8-10-19;1-6-11(3)13-8-9-14(15(10-13)16-5)18-12(4)17-7-2/h6-7,11,15-19H,5,8-10,12-14H2,1-4H3;11-12,15-16,18-19H,5-10,13-14H2,1-4H3;8-12H,6-7H2,1-5H3. The van der Waals surface area contributed by atoms with Crippen LogP contribution in [0.15, 0.2) is 54.6 Å². The van der Waals surface area contributed by atoms with E-state index in [1.54, 1.807) is 14.2 Å². The maximum atomic E-state index is 6.58. The molecule has 376 valence electrons. The van der Waals surface area contributed by atoms with E-state index in [1.807, 2.05) is 45.9 Å². The Kier molecular flexibility index (Phi) is 22.0. The monoisotopic (exact) mass is 929 g/mol. The van der Waals surface area contributed by atoms with Crippen molar-refractivity contribution in [3.8, 4) is 28.7 Å². The van der Waals surface area contributed by atoms with Crippen molar-refractivity contribution in [2.75, 3.05) is 27.4 Å². The summed E-state index contributed by atoms with van der Waals surface area (Å²) in [7, 11) is 3.38. The minimum Gasteiger partial charge on any atom is -0.493 e. The van der Waals surface area contributed by atoms with Crippen LogP contribution in [0, 0.1) is 30.6 Å². The van der Waals surface area contributed by atoms with Gasteiger partial charge < -0.3 is 37.9 Å². The van der Waals surface area contributed by atoms with Gasteiger partial charge in [-0.15, -0.1) is 0 Å². The van der Waals surface area contributed by atoms with E-state index >= 15 is 0 Å². The average Bonchev–Trinajstić information content (AvgIpc) is 3.31. The van der Waals surface area contributed by atoms with Crippen LogP contribution in [-0.4, -0.2) is 51.9 Å². The molecule has 0 spiro atoms. The van der Waals surface area contributed by atoms with Gasteiger partial charge in [0.15, 0.2) is 41.9 Å². The first kappa shape index (κ1) is 54.5. The van der Waals surface area contributed by atoms with Crippen molar-refractivity contribution >= 4 is 0 Å². The normalized spacial score (nSPS) is 23.6. The molecule has 3 aromatic rings. The van der Waals surface area contributed by atoms with E-state index in [4.69, 9.17) is 37.9 Å². The fourth-order valence-electron chi connectivity index (χ4n) is 11.3. The highest BCUT2D eigenvalue weighted by molar-refractivity contribution is 5.45. The summed E-state index contributed by atoms with van der Waals surface area (Å²) in [5, 5.41) is 0. The maximum Gasteiger partial charge on any atom is 0.197 e. The zero-order valence-electron chi connectivity index (χ0n) is 44.3. The number of aryl methyl sites for hydroxylation is 1. The summed E-state index contributed by atoms with van der Waals surface area (Å²) >= 11 is 0. The summed E-state index contributed by atoms with van der Waals surface area (Å²) in [4.78, 5) is 0. The second kappa shape index (κ2) is 27.1. The fraction of sp³-hybridized carbons (Fsp3) is 0.695. The third kappa shape index (κ3) is 16.3. The molecule has 0 aliphatic heterocycles. The van der Waals surface area contributed by atoms with Crippen LogP contribution in [0.2, 0.25) is 0 Å². The molecular formula is C59H92O8. The summed E-state index contributed by atoms with van der Waals surface area (Å²) in [6.07, 6.45) is 18.9. The van der Waals surface area contributed by atoms with Crippen molar-refractivity contribution in [3.63, 3.8) is 0 Å². The molecule has 3 aromatic carbocycles. The molecule has 6 atom stereocenters. The molecule has 67 heavy (non-hydrogen) atoms. The molecule has 0 N–H and O–H groups in total. The van der Waals surface area contributed by atoms with E-state index < -0.39 is 0 Å². The summed E-state index contributed by atoms with van der Waals surface area (Å²) in [5.74, 6) is 9.22. The average molecular weight is 929 g/mol. The molecule has 5 fully saturated rings. The lowest BCUT2D eigenvalue weighted by atomic mass is 9.54. The summed E-state index contributed by atoms with van der Waals surface area (Å²) < 4.78 is 46.7. The van der Waals surface area contributed by atoms with Gasteiger partial charge in [0.25, 0.3) is 0 Å². The van der Waals surface area contributed by atoms with Gasteiger partial charge in [-0.05, 0) is 193 Å². The summed E-state index contributed by atoms with van der Waals surface area (Å²) in [5.41, 5.74) is 5.23. The number of hydrogen-bond acceptors (Lipinski definition) is 8. The van der Waals surface area contributed by atoms with Gasteiger partial charge >= 0.3 is 0 Å². The molecule has 8 rings (SSSR count). The van der Waals surface area contributed by atoms with Crippen LogP contribution in [-0.2, 0) is 14.2 Å². The van der Waals surface area contributed by atoms with Gasteiger partial charge in [-0.25, -0.2) is 0 Å². The van der Waals surface area contributed by atoms with E-state index in [-0.39, 0.29) is 24.5 Å². The zero-order chi connectivity index (χ0) is 48.5. The quantitative estimate of drug-likeness (QED) is 0.0923. The van der Waals surface area contributed by atoms with Crippen LogP contribution in [0.3, 0.4) is 0 Å². The molecule has 8 heteroatoms. The molecule has 0 saturated heterocycles. The van der Waals surface area contributed by atoms with Gasteiger partial charge in [0.2, 0.25) is 0 Å². The number of benzene rings is 3. The van der Waals surface area contributed by atoms with E-state index in [0.717, 1.165) is 71.9 Å². The van der Waals surface area contributed by atoms with E-state index in [9.17, 15) is 0 Å². The Hall–Kier alpha value is -3.46. The van der Waals surface area contributed by atoms with E-state index in [2.05, 4.69) is 84.9 Å². The lowest BCUT2D eigenvalue weighted by Crippen LogP contribution is -2.53. The fourth-order valence-corrected chi connectivity index (χ4v) is 11.3. The number of hydrogen-bond donors (Lipinski definition) is 0. The molecule has 0 radical (unpaired) electrons. The zero-order valence-corrected chi connectivity index (χ0v) is 44.3. The first-order valence-electron chi connectivity index (χ1n) is 26.6. The molecule has 8 nitrogen and oxygen atoms in total. The Bertz CT molecular complexity index is 1850. The third-order valence-electron chi connectivity index (χ3n) is 15.4. The SMILES string of the molecule is CCC(C)c1ccc(OC(C)OC23CC4CC(CC(C4)C2)C3)c(OC)c1.CCC(C)c1ccc(OC(C)OCCC2CCCCC2)c(C)c1.CCOC(C)Oc1ccc(C(C)CC)cc1OC. The van der Waals surface area contributed by atoms with Crippen LogP contribution in [0.1, 0.15) is 206 Å². The molecule has 4 bridgehead atoms. The van der Waals surface area contributed by atoms with Crippen LogP contribution in [0.4, 0.5) is 0 Å². The van der Waals surface area contributed by atoms with Crippen LogP contribution in [0.25, 0.3) is 0 Å². The molecule has 0 amide bonds. The molecule has 5 aliphatic carbocycles. The third-order valence-corrected chi connectivity index (χ3v) is 15.4. The lowest BCUT2D eigenvalue weighted by molar-refractivity contribution is -0.226. The van der Waals surface area contributed by atoms with Gasteiger partial charge in [0.05, 0.1) is 26.4 Å². The molecule has 5 saturated carbocycles. The largest absolute Gasteiger partial charge is 0.493 e. The maximum absolute atomic E-state index is 6.58. The molecule has 5 aliphatic rings. The molecule has 6 unspecified atom stereocenters. The van der Waals surface area contributed by atoms with Crippen LogP contribution >= 0.6 is 0 Å². The van der Waals surface area contributed by atoms with Crippen molar-refractivity contribution in [1.29, 1.82) is 0 Å². The van der Waals surface area contributed by atoms with Crippen molar-refractivity contribution < 1.29 is 37.9 Å². The second-order valence-corrected chi connectivity index (χ2v) is 20.7. The summed E-state index contributed by atoms with van der Waals surface area (Å²) in [6, 6.07) is 18.9. The predicted octanol–water partition coefficient (Wildman–Crippen LogP) is 16.1. The Morgan fingerprint density at radius 2 is 0.955 bits per heavy atom. The Balaban J connectivity index is 0.000000192. The first-order valence-corrected chi connectivity index (χ1v) is 26.6. The van der Waals surface area contributed by atoms with Gasteiger partial charge in [0, 0.05) is 6.61 Å². The number of methoxy groups -OCH3 is 2. The number of rotatable bonds is 22. The Morgan fingerprint density at radius 1 is 0.522 bits per heavy atom. The second-order valence-electron chi connectivity index (χ2n) is 20.7. The van der Waals surface area contributed by atoms with Crippen molar-refractivity contribution in [2.45, 2.75) is 215 Å². The first-order chi connectivity index (χ1) is 32.2. The molecule has 0 aromatic heterocycles. The highest BCUT2D eigenvalue weighted by atomic mass is 16.7. The molecular weight excluding hydrogens is 837 g/mol. The van der Waals surface area contributed by atoms with E-state index in [1.165, 1.54) is 106 Å². The molecule has 0 heterocycles. The minimum absolute atomic E-state index is 0.0675. The van der Waals surface area contributed by atoms with Gasteiger partial charge in [-0.1, -0.05) is 97.9 Å².